The van der Waals surface area contributed by atoms with Crippen molar-refractivity contribution in [1.82, 2.24) is 24.6 Å². The van der Waals surface area contributed by atoms with Crippen LogP contribution in [0.2, 0.25) is 0 Å². The van der Waals surface area contributed by atoms with Crippen LogP contribution >= 0.6 is 0 Å². The molecule has 0 atom stereocenters. The van der Waals surface area contributed by atoms with Crippen LogP contribution in [-0.4, -0.2) is 43.6 Å². The Labute approximate surface area is 167 Å². The number of hydrogen-bond donors (Lipinski definition) is 1. The van der Waals surface area contributed by atoms with E-state index in [-0.39, 0.29) is 11.7 Å². The number of benzene rings is 1. The molecule has 5 rings (SSSR count). The summed E-state index contributed by atoms with van der Waals surface area (Å²) in [7, 11) is 0. The van der Waals surface area contributed by atoms with Crippen LogP contribution in [0.1, 0.15) is 35.6 Å². The van der Waals surface area contributed by atoms with Gasteiger partial charge < -0.3 is 10.2 Å². The maximum atomic E-state index is 12.8. The quantitative estimate of drug-likeness (QED) is 0.581. The van der Waals surface area contributed by atoms with Crippen molar-refractivity contribution in [1.29, 1.82) is 0 Å². The maximum absolute atomic E-state index is 12.8. The van der Waals surface area contributed by atoms with Gasteiger partial charge in [0.15, 0.2) is 0 Å². The first kappa shape index (κ1) is 17.5. The summed E-state index contributed by atoms with van der Waals surface area (Å²) in [6.07, 6.45) is 8.93. The molecule has 0 aliphatic carbocycles. The zero-order valence-electron chi connectivity index (χ0n) is 16.2. The second-order valence-corrected chi connectivity index (χ2v) is 7.29. The lowest BCUT2D eigenvalue weighted by Gasteiger charge is -2.30. The number of amides is 1. The van der Waals surface area contributed by atoms with E-state index in [9.17, 15) is 4.79 Å². The molecule has 146 valence electrons. The Morgan fingerprint density at radius 1 is 1.03 bits per heavy atom. The van der Waals surface area contributed by atoms with Crippen molar-refractivity contribution in [3.8, 4) is 0 Å². The smallest absolute Gasteiger partial charge is 0.295 e. The Morgan fingerprint density at radius 3 is 2.72 bits per heavy atom. The third-order valence-corrected chi connectivity index (χ3v) is 5.37. The van der Waals surface area contributed by atoms with Gasteiger partial charge in [0, 0.05) is 53.8 Å². The second-order valence-electron chi connectivity index (χ2n) is 7.29. The van der Waals surface area contributed by atoms with E-state index in [2.05, 4.69) is 36.3 Å². The summed E-state index contributed by atoms with van der Waals surface area (Å²) in [5.41, 5.74) is 2.75. The van der Waals surface area contributed by atoms with Gasteiger partial charge >= 0.3 is 0 Å². The molecule has 0 saturated carbocycles. The molecule has 8 nitrogen and oxygen atoms in total. The number of nitrogens with one attached hydrogen (secondary N) is 1. The van der Waals surface area contributed by atoms with Gasteiger partial charge in [0.2, 0.25) is 5.82 Å². The Kier molecular flexibility index (Phi) is 4.31. The molecule has 1 aliphatic heterocycles. The molecule has 0 spiro atoms. The minimum Gasteiger partial charge on any atom is -0.371 e. The van der Waals surface area contributed by atoms with Crippen molar-refractivity contribution in [3.05, 3.63) is 54.4 Å². The van der Waals surface area contributed by atoms with Gasteiger partial charge in [-0.05, 0) is 50.5 Å². The van der Waals surface area contributed by atoms with E-state index in [4.69, 9.17) is 0 Å². The van der Waals surface area contributed by atoms with Crippen LogP contribution in [0.15, 0.2) is 42.9 Å². The SMILES string of the molecule is Cc1ccnc2nc(C(=O)Nc3ccc(N4CCCCC4)c4ccncc34)nn12. The fourth-order valence-corrected chi connectivity index (χ4v) is 3.87. The molecule has 0 radical (unpaired) electrons. The highest BCUT2D eigenvalue weighted by Gasteiger charge is 2.18. The van der Waals surface area contributed by atoms with Gasteiger partial charge in [-0.3, -0.25) is 9.78 Å². The highest BCUT2D eigenvalue weighted by molar-refractivity contribution is 6.10. The van der Waals surface area contributed by atoms with Crippen molar-refractivity contribution in [2.75, 3.05) is 23.3 Å². The number of carbonyl (C=O) groups is 1. The topological polar surface area (TPSA) is 88.3 Å². The molecule has 0 bridgehead atoms. The van der Waals surface area contributed by atoms with Gasteiger partial charge in [-0.15, -0.1) is 5.10 Å². The Balaban J connectivity index is 1.50. The van der Waals surface area contributed by atoms with Gasteiger partial charge in [0.05, 0.1) is 5.69 Å². The molecule has 3 aromatic heterocycles. The highest BCUT2D eigenvalue weighted by Crippen LogP contribution is 2.33. The molecule has 29 heavy (non-hydrogen) atoms. The van der Waals surface area contributed by atoms with Gasteiger partial charge in [0.1, 0.15) is 0 Å². The molecule has 1 N–H and O–H groups in total. The first-order valence-corrected chi connectivity index (χ1v) is 9.82. The summed E-state index contributed by atoms with van der Waals surface area (Å²) in [5.74, 6) is 0.122. The lowest BCUT2D eigenvalue weighted by Crippen LogP contribution is -2.29. The van der Waals surface area contributed by atoms with E-state index in [1.165, 1.54) is 24.9 Å². The third-order valence-electron chi connectivity index (χ3n) is 5.37. The fourth-order valence-electron chi connectivity index (χ4n) is 3.87. The summed E-state index contributed by atoms with van der Waals surface area (Å²) >= 11 is 0. The van der Waals surface area contributed by atoms with Gasteiger partial charge in [0.25, 0.3) is 11.7 Å². The lowest BCUT2D eigenvalue weighted by atomic mass is 10.1. The average molecular weight is 387 g/mol. The molecule has 1 fully saturated rings. The Morgan fingerprint density at radius 2 is 1.90 bits per heavy atom. The zero-order chi connectivity index (χ0) is 19.8. The molecule has 0 unspecified atom stereocenters. The Bertz CT molecular complexity index is 1210. The molecule has 4 aromatic rings. The van der Waals surface area contributed by atoms with Crippen molar-refractivity contribution >= 4 is 33.8 Å². The number of aromatic nitrogens is 5. The van der Waals surface area contributed by atoms with Gasteiger partial charge in [-0.2, -0.15) is 4.98 Å². The summed E-state index contributed by atoms with van der Waals surface area (Å²) in [5, 5.41) is 9.22. The standard InChI is InChI=1S/C21H21N7O/c1-14-7-10-23-21-25-19(26-28(14)21)20(29)24-17-5-6-18(27-11-3-2-4-12-27)15-8-9-22-13-16(15)17/h5-10,13H,2-4,11-12H2,1H3,(H,24,29). The van der Waals surface area contributed by atoms with Gasteiger partial charge in [-0.25, -0.2) is 9.50 Å². The number of carbonyl (C=O) groups excluding carboxylic acids is 1. The number of anilines is 2. The summed E-state index contributed by atoms with van der Waals surface area (Å²) in [6, 6.07) is 7.84. The predicted octanol–water partition coefficient (Wildman–Crippen LogP) is 3.22. The largest absolute Gasteiger partial charge is 0.371 e. The molecular formula is C21H21N7O. The molecule has 8 heteroatoms. The van der Waals surface area contributed by atoms with Crippen LogP contribution in [0, 0.1) is 6.92 Å². The summed E-state index contributed by atoms with van der Waals surface area (Å²) < 4.78 is 1.56. The van der Waals surface area contributed by atoms with Crippen molar-refractivity contribution in [3.63, 3.8) is 0 Å². The number of pyridine rings is 1. The van der Waals surface area contributed by atoms with E-state index in [1.54, 1.807) is 23.1 Å². The molecule has 1 aliphatic rings. The van der Waals surface area contributed by atoms with E-state index in [0.29, 0.717) is 11.5 Å². The minimum atomic E-state index is -0.370. The van der Waals surface area contributed by atoms with Crippen LogP contribution in [0.25, 0.3) is 16.6 Å². The number of hydrogen-bond acceptors (Lipinski definition) is 6. The fraction of sp³-hybridized carbons (Fsp3) is 0.286. The average Bonchev–Trinajstić information content (AvgIpc) is 3.21. The zero-order valence-corrected chi connectivity index (χ0v) is 16.2. The second kappa shape index (κ2) is 7.12. The Hall–Kier alpha value is -3.55. The van der Waals surface area contributed by atoms with Crippen LogP contribution in [-0.2, 0) is 0 Å². The van der Waals surface area contributed by atoms with E-state index >= 15 is 0 Å². The highest BCUT2D eigenvalue weighted by atomic mass is 16.2. The lowest BCUT2D eigenvalue weighted by molar-refractivity contribution is 0.101. The van der Waals surface area contributed by atoms with Crippen LogP contribution in [0.5, 0.6) is 0 Å². The third kappa shape index (κ3) is 3.16. The predicted molar refractivity (Wildman–Crippen MR) is 111 cm³/mol. The first-order chi connectivity index (χ1) is 14.2. The number of aryl methyl sites for hydroxylation is 1. The number of fused-ring (bicyclic) bond motifs is 2. The summed E-state index contributed by atoms with van der Waals surface area (Å²) in [6.45, 7) is 4.00. The number of piperidine rings is 1. The molecule has 4 heterocycles. The van der Waals surface area contributed by atoms with Gasteiger partial charge in [-0.1, -0.05) is 0 Å². The van der Waals surface area contributed by atoms with E-state index in [0.717, 1.165) is 29.6 Å². The maximum Gasteiger partial charge on any atom is 0.295 e. The minimum absolute atomic E-state index is 0.0870. The van der Waals surface area contributed by atoms with Crippen LogP contribution in [0.3, 0.4) is 0 Å². The molecule has 1 amide bonds. The van der Waals surface area contributed by atoms with Crippen molar-refractivity contribution < 1.29 is 4.79 Å². The van der Waals surface area contributed by atoms with Crippen molar-refractivity contribution in [2.24, 2.45) is 0 Å². The monoisotopic (exact) mass is 387 g/mol. The van der Waals surface area contributed by atoms with Crippen molar-refractivity contribution in [2.45, 2.75) is 26.2 Å². The van der Waals surface area contributed by atoms with Crippen LogP contribution < -0.4 is 10.2 Å². The molecule has 1 saturated heterocycles. The number of nitrogens with zero attached hydrogens (tertiary/aromatic N) is 6. The number of rotatable bonds is 3. The van der Waals surface area contributed by atoms with E-state index in [1.807, 2.05) is 25.1 Å². The van der Waals surface area contributed by atoms with E-state index < -0.39 is 0 Å². The molecule has 1 aromatic carbocycles. The van der Waals surface area contributed by atoms with Crippen LogP contribution in [0.4, 0.5) is 11.4 Å². The molecular weight excluding hydrogens is 366 g/mol. The first-order valence-electron chi connectivity index (χ1n) is 9.82. The normalized spacial score (nSPS) is 14.4. The summed E-state index contributed by atoms with van der Waals surface area (Å²) in [4.78, 5) is 27.9.